The highest BCUT2D eigenvalue weighted by atomic mass is 15.2. The third kappa shape index (κ3) is 7.23. The third-order valence-corrected chi connectivity index (χ3v) is 9.82. The van der Waals surface area contributed by atoms with Gasteiger partial charge in [-0.05, 0) is 88.1 Å². The van der Waals surface area contributed by atoms with Crippen LogP contribution in [0.15, 0.2) is 164 Å². The van der Waals surface area contributed by atoms with Crippen molar-refractivity contribution < 1.29 is 0 Å². The van der Waals surface area contributed by atoms with Crippen molar-refractivity contribution in [2.24, 2.45) is 0 Å². The number of allylic oxidation sites excluding steroid dienone is 4. The number of aromatic nitrogens is 2. The number of nitrogens with one attached hydrogen (secondary N) is 2. The van der Waals surface area contributed by atoms with Crippen LogP contribution in [0.2, 0.25) is 0 Å². The first-order valence-electron chi connectivity index (χ1n) is 18.0. The van der Waals surface area contributed by atoms with Crippen molar-refractivity contribution in [1.82, 2.24) is 20.6 Å². The van der Waals surface area contributed by atoms with E-state index in [4.69, 9.17) is 9.97 Å². The fourth-order valence-electron chi connectivity index (χ4n) is 6.94. The predicted molar refractivity (Wildman–Crippen MR) is 211 cm³/mol. The molecule has 5 aromatic carbocycles. The van der Waals surface area contributed by atoms with Crippen LogP contribution in [0.25, 0.3) is 44.9 Å². The minimum Gasteiger partial charge on any atom is -0.366 e. The summed E-state index contributed by atoms with van der Waals surface area (Å²) in [5.74, 6) is 1.26. The minimum atomic E-state index is -0.0736. The summed E-state index contributed by atoms with van der Waals surface area (Å²) in [5.41, 5.74) is 13.4. The van der Waals surface area contributed by atoms with E-state index in [1.54, 1.807) is 0 Å². The van der Waals surface area contributed by atoms with Gasteiger partial charge in [0.25, 0.3) is 0 Å². The van der Waals surface area contributed by atoms with E-state index in [1.165, 1.54) is 22.3 Å². The topological polar surface area (TPSA) is 49.8 Å². The Kier molecular flexibility index (Phi) is 9.24. The quantitative estimate of drug-likeness (QED) is 0.170. The van der Waals surface area contributed by atoms with Crippen molar-refractivity contribution in [3.8, 4) is 33.6 Å². The average Bonchev–Trinajstić information content (AvgIpc) is 3.21. The molecular formula is C47H42N4. The molecule has 2 atom stereocenters. The Morgan fingerprint density at radius 3 is 1.90 bits per heavy atom. The van der Waals surface area contributed by atoms with Crippen molar-refractivity contribution in [3.05, 3.63) is 192 Å². The van der Waals surface area contributed by atoms with Crippen LogP contribution in [-0.4, -0.2) is 9.97 Å². The maximum Gasteiger partial charge on any atom is 0.156 e. The highest BCUT2D eigenvalue weighted by Crippen LogP contribution is 2.36. The van der Waals surface area contributed by atoms with E-state index in [2.05, 4.69) is 182 Å². The molecule has 0 spiro atoms. The van der Waals surface area contributed by atoms with E-state index in [1.807, 2.05) is 6.07 Å². The second kappa shape index (κ2) is 14.6. The molecule has 51 heavy (non-hydrogen) atoms. The summed E-state index contributed by atoms with van der Waals surface area (Å²) in [4.78, 5) is 10.4. The summed E-state index contributed by atoms with van der Waals surface area (Å²) in [6.07, 6.45) is 10.6. The molecule has 0 saturated carbocycles. The van der Waals surface area contributed by atoms with Crippen molar-refractivity contribution >= 4 is 11.3 Å². The molecule has 0 saturated heterocycles. The molecule has 0 fully saturated rings. The van der Waals surface area contributed by atoms with Gasteiger partial charge in [0, 0.05) is 16.8 Å². The summed E-state index contributed by atoms with van der Waals surface area (Å²) in [6.45, 7) is 4.48. The van der Waals surface area contributed by atoms with Crippen LogP contribution in [0.1, 0.15) is 72.9 Å². The molecular weight excluding hydrogens is 621 g/mol. The second-order valence-electron chi connectivity index (χ2n) is 13.7. The number of hydrogen-bond acceptors (Lipinski definition) is 4. The second-order valence-corrected chi connectivity index (χ2v) is 13.7. The molecule has 4 heteroatoms. The standard InChI is InChI=1S/C47H42N4/c1-32(2)33-23-25-34(26-24-33)39-27-40(44-30-42(35-15-7-3-8-16-35)48-46(50-44)37-19-11-5-12-20-37)29-41(28-39)45-31-43(36-17-9-4-10-18-36)49-47(51-45)38-21-13-6-14-22-38/h3-13,15-21,23-32,42,46,48,50H,14,22H2,1-2H3. The summed E-state index contributed by atoms with van der Waals surface area (Å²) < 4.78 is 0. The van der Waals surface area contributed by atoms with Crippen LogP contribution in [0.4, 0.5) is 0 Å². The highest BCUT2D eigenvalue weighted by molar-refractivity contribution is 5.81. The van der Waals surface area contributed by atoms with Gasteiger partial charge in [-0.1, -0.05) is 147 Å². The molecule has 1 aromatic heterocycles. The Morgan fingerprint density at radius 2 is 1.24 bits per heavy atom. The van der Waals surface area contributed by atoms with Gasteiger partial charge in [-0.2, -0.15) is 0 Å². The van der Waals surface area contributed by atoms with Crippen molar-refractivity contribution in [3.63, 3.8) is 0 Å². The molecule has 0 amide bonds. The molecule has 1 aliphatic carbocycles. The number of benzene rings is 5. The van der Waals surface area contributed by atoms with Gasteiger partial charge in [-0.3, -0.25) is 5.32 Å². The maximum atomic E-state index is 5.27. The van der Waals surface area contributed by atoms with Gasteiger partial charge in [0.1, 0.15) is 6.17 Å². The van der Waals surface area contributed by atoms with Crippen molar-refractivity contribution in [2.45, 2.75) is 44.8 Å². The molecule has 1 aliphatic heterocycles. The fraction of sp³-hybridized carbons (Fsp3) is 0.149. The largest absolute Gasteiger partial charge is 0.366 e. The first-order valence-corrected chi connectivity index (χ1v) is 18.0. The molecule has 0 radical (unpaired) electrons. The molecule has 4 nitrogen and oxygen atoms in total. The molecule has 8 rings (SSSR count). The zero-order valence-electron chi connectivity index (χ0n) is 29.1. The Morgan fingerprint density at radius 1 is 0.608 bits per heavy atom. The van der Waals surface area contributed by atoms with Crippen molar-refractivity contribution in [1.29, 1.82) is 0 Å². The summed E-state index contributed by atoms with van der Waals surface area (Å²) in [5, 5.41) is 7.71. The van der Waals surface area contributed by atoms with E-state index in [0.29, 0.717) is 5.92 Å². The lowest BCUT2D eigenvalue weighted by Gasteiger charge is -2.33. The molecule has 0 bridgehead atoms. The van der Waals surface area contributed by atoms with Gasteiger partial charge in [0.15, 0.2) is 5.82 Å². The first kappa shape index (κ1) is 32.4. The lowest BCUT2D eigenvalue weighted by Crippen LogP contribution is -2.39. The van der Waals surface area contributed by atoms with Gasteiger partial charge < -0.3 is 5.32 Å². The Bertz CT molecular complexity index is 2220. The summed E-state index contributed by atoms with van der Waals surface area (Å²) >= 11 is 0. The number of rotatable bonds is 8. The minimum absolute atomic E-state index is 0.0201. The van der Waals surface area contributed by atoms with E-state index < -0.39 is 0 Å². The van der Waals surface area contributed by atoms with Gasteiger partial charge in [-0.25, -0.2) is 9.97 Å². The van der Waals surface area contributed by atoms with Crippen LogP contribution in [0.5, 0.6) is 0 Å². The summed E-state index contributed by atoms with van der Waals surface area (Å²) in [7, 11) is 0. The van der Waals surface area contributed by atoms with Gasteiger partial charge in [-0.15, -0.1) is 0 Å². The highest BCUT2D eigenvalue weighted by Gasteiger charge is 2.25. The average molecular weight is 663 g/mol. The van der Waals surface area contributed by atoms with E-state index >= 15 is 0 Å². The van der Waals surface area contributed by atoms with Crippen LogP contribution < -0.4 is 10.6 Å². The molecule has 2 N–H and O–H groups in total. The van der Waals surface area contributed by atoms with Crippen molar-refractivity contribution in [2.75, 3.05) is 0 Å². The van der Waals surface area contributed by atoms with E-state index in [0.717, 1.165) is 63.6 Å². The smallest absolute Gasteiger partial charge is 0.156 e. The van der Waals surface area contributed by atoms with E-state index in [-0.39, 0.29) is 12.2 Å². The van der Waals surface area contributed by atoms with Crippen LogP contribution >= 0.6 is 0 Å². The van der Waals surface area contributed by atoms with Crippen LogP contribution in [-0.2, 0) is 0 Å². The monoisotopic (exact) mass is 662 g/mol. The SMILES string of the molecule is CC(C)c1ccc(-c2cc(C3=CC(c4ccccc4)NC(c4ccccc4)N3)cc(-c3cc(-c4ccccc4)nc(C4=CC=CCC4)n3)c2)cc1. The normalized spacial score (nSPS) is 17.1. The van der Waals surface area contributed by atoms with E-state index in [9.17, 15) is 0 Å². The molecule has 2 heterocycles. The molecule has 6 aromatic rings. The Labute approximate surface area is 301 Å². The Balaban J connectivity index is 1.31. The van der Waals surface area contributed by atoms with Gasteiger partial charge in [0.2, 0.25) is 0 Å². The predicted octanol–water partition coefficient (Wildman–Crippen LogP) is 11.3. The van der Waals surface area contributed by atoms with Gasteiger partial charge >= 0.3 is 0 Å². The summed E-state index contributed by atoms with van der Waals surface area (Å²) in [6, 6.07) is 49.8. The van der Waals surface area contributed by atoms with Gasteiger partial charge in [0.05, 0.1) is 17.4 Å². The van der Waals surface area contributed by atoms with Crippen LogP contribution in [0, 0.1) is 0 Å². The first-order chi connectivity index (χ1) is 25.1. The Hall–Kier alpha value is -5.84. The fourth-order valence-corrected chi connectivity index (χ4v) is 6.94. The molecule has 2 unspecified atom stereocenters. The lowest BCUT2D eigenvalue weighted by molar-refractivity contribution is 0.442. The number of hydrogen-bond donors (Lipinski definition) is 2. The molecule has 2 aliphatic rings. The van der Waals surface area contributed by atoms with Crippen LogP contribution in [0.3, 0.4) is 0 Å². The zero-order chi connectivity index (χ0) is 34.6. The molecule has 250 valence electrons. The number of nitrogens with zero attached hydrogens (tertiary/aromatic N) is 2. The third-order valence-electron chi connectivity index (χ3n) is 9.82. The zero-order valence-corrected chi connectivity index (χ0v) is 29.1. The maximum absolute atomic E-state index is 5.27. The lowest BCUT2D eigenvalue weighted by atomic mass is 9.92.